The van der Waals surface area contributed by atoms with E-state index in [0.29, 0.717) is 6.04 Å². The number of hydrogen-bond acceptors (Lipinski definition) is 3. The van der Waals surface area contributed by atoms with E-state index < -0.39 is 0 Å². The number of nitrogens with zero attached hydrogens (tertiary/aromatic N) is 2. The number of aliphatic hydroxyl groups is 1. The van der Waals surface area contributed by atoms with Crippen molar-refractivity contribution in [2.24, 2.45) is 5.92 Å². The molecule has 1 saturated heterocycles. The van der Waals surface area contributed by atoms with Crippen LogP contribution in [0.5, 0.6) is 0 Å². The molecule has 0 aromatic rings. The zero-order valence-electron chi connectivity index (χ0n) is 12.1. The molecule has 1 aliphatic heterocycles. The Balaban J connectivity index is 1.72. The van der Waals surface area contributed by atoms with Gasteiger partial charge < -0.3 is 10.0 Å². The summed E-state index contributed by atoms with van der Waals surface area (Å²) >= 11 is 0. The maximum Gasteiger partial charge on any atom is 0.0695 e. The van der Waals surface area contributed by atoms with Gasteiger partial charge in [0.1, 0.15) is 0 Å². The summed E-state index contributed by atoms with van der Waals surface area (Å²) in [5.41, 5.74) is 0. The van der Waals surface area contributed by atoms with E-state index in [9.17, 15) is 5.11 Å². The molecule has 2 fully saturated rings. The van der Waals surface area contributed by atoms with Gasteiger partial charge in [0.15, 0.2) is 0 Å². The maximum absolute atomic E-state index is 10.1. The van der Waals surface area contributed by atoms with Gasteiger partial charge in [-0.25, -0.2) is 0 Å². The highest BCUT2D eigenvalue weighted by Gasteiger charge is 2.30. The number of aliphatic hydroxyl groups excluding tert-OH is 1. The van der Waals surface area contributed by atoms with Crippen LogP contribution in [-0.2, 0) is 0 Å². The smallest absolute Gasteiger partial charge is 0.0695 e. The van der Waals surface area contributed by atoms with Gasteiger partial charge in [-0.05, 0) is 31.7 Å². The molecule has 2 atom stereocenters. The van der Waals surface area contributed by atoms with E-state index >= 15 is 0 Å². The van der Waals surface area contributed by atoms with Crippen LogP contribution in [0.2, 0.25) is 0 Å². The molecule has 2 aliphatic rings. The summed E-state index contributed by atoms with van der Waals surface area (Å²) < 4.78 is 0. The highest BCUT2D eigenvalue weighted by molar-refractivity contribution is 4.86. The van der Waals surface area contributed by atoms with E-state index in [1.807, 2.05) is 0 Å². The Bertz CT molecular complexity index is 237. The average molecular weight is 254 g/mol. The summed E-state index contributed by atoms with van der Waals surface area (Å²) in [6.07, 6.45) is 5.97. The Morgan fingerprint density at radius 1 is 1.06 bits per heavy atom. The van der Waals surface area contributed by atoms with Crippen LogP contribution >= 0.6 is 0 Å². The van der Waals surface area contributed by atoms with Crippen LogP contribution < -0.4 is 0 Å². The quantitative estimate of drug-likeness (QED) is 0.831. The van der Waals surface area contributed by atoms with Crippen LogP contribution in [-0.4, -0.2) is 59.8 Å². The van der Waals surface area contributed by atoms with Gasteiger partial charge in [-0.3, -0.25) is 4.90 Å². The lowest BCUT2D eigenvalue weighted by Crippen LogP contribution is -2.54. The number of piperazine rings is 1. The minimum atomic E-state index is -0.0686. The fourth-order valence-electron chi connectivity index (χ4n) is 3.28. The third-order valence-corrected chi connectivity index (χ3v) is 4.59. The van der Waals surface area contributed by atoms with Crippen LogP contribution in [0.15, 0.2) is 0 Å². The third-order valence-electron chi connectivity index (χ3n) is 4.59. The van der Waals surface area contributed by atoms with Gasteiger partial charge in [0.2, 0.25) is 0 Å². The first-order chi connectivity index (χ1) is 8.66. The second-order valence-corrected chi connectivity index (χ2v) is 6.48. The summed E-state index contributed by atoms with van der Waals surface area (Å²) in [6.45, 7) is 10.5. The van der Waals surface area contributed by atoms with Crippen molar-refractivity contribution < 1.29 is 5.11 Å². The van der Waals surface area contributed by atoms with Gasteiger partial charge in [0, 0.05) is 32.2 Å². The Labute approximate surface area is 112 Å². The second kappa shape index (κ2) is 6.88. The van der Waals surface area contributed by atoms with Gasteiger partial charge in [-0.15, -0.1) is 0 Å². The summed E-state index contributed by atoms with van der Waals surface area (Å²) in [4.78, 5) is 5.13. The first kappa shape index (κ1) is 14.3. The summed E-state index contributed by atoms with van der Waals surface area (Å²) in [5.74, 6) is 0.809. The molecule has 106 valence electrons. The zero-order valence-corrected chi connectivity index (χ0v) is 12.1. The molecule has 3 heteroatoms. The molecule has 0 spiro atoms. The molecule has 2 rings (SSSR count). The van der Waals surface area contributed by atoms with Gasteiger partial charge in [0.25, 0.3) is 0 Å². The van der Waals surface area contributed by atoms with Crippen LogP contribution in [0.25, 0.3) is 0 Å². The number of hydrogen-bond donors (Lipinski definition) is 1. The summed E-state index contributed by atoms with van der Waals surface area (Å²) in [5, 5.41) is 10.1. The molecule has 0 bridgehead atoms. The lowest BCUT2D eigenvalue weighted by molar-refractivity contribution is -0.00398. The van der Waals surface area contributed by atoms with Crippen molar-refractivity contribution >= 4 is 0 Å². The van der Waals surface area contributed by atoms with Gasteiger partial charge in [-0.2, -0.15) is 0 Å². The molecule has 0 amide bonds. The molecule has 3 nitrogen and oxygen atoms in total. The molecule has 0 aromatic carbocycles. The highest BCUT2D eigenvalue weighted by Crippen LogP contribution is 2.24. The topological polar surface area (TPSA) is 26.7 Å². The minimum Gasteiger partial charge on any atom is -0.391 e. The standard InChI is InChI=1S/C15H30N2O/c1-13(2)7-8-16-9-11-17(12-10-16)14-5-3-4-6-15(14)18/h13-15,18H,3-12H2,1-2H3. The van der Waals surface area contributed by atoms with E-state index in [0.717, 1.165) is 25.4 Å². The molecular weight excluding hydrogens is 224 g/mol. The molecule has 1 N–H and O–H groups in total. The molecule has 2 unspecified atom stereocenters. The monoisotopic (exact) mass is 254 g/mol. The van der Waals surface area contributed by atoms with Crippen molar-refractivity contribution in [2.75, 3.05) is 32.7 Å². The third kappa shape index (κ3) is 3.94. The summed E-state index contributed by atoms with van der Waals surface area (Å²) in [6, 6.07) is 0.450. The molecule has 0 aromatic heterocycles. The second-order valence-electron chi connectivity index (χ2n) is 6.48. The fourth-order valence-corrected chi connectivity index (χ4v) is 3.28. The zero-order chi connectivity index (χ0) is 13.0. The molecule has 1 saturated carbocycles. The Kier molecular flexibility index (Phi) is 5.46. The van der Waals surface area contributed by atoms with Crippen molar-refractivity contribution in [3.63, 3.8) is 0 Å². The summed E-state index contributed by atoms with van der Waals surface area (Å²) in [7, 11) is 0. The normalized spacial score (nSPS) is 32.0. The van der Waals surface area contributed by atoms with E-state index in [2.05, 4.69) is 23.6 Å². The molecule has 1 aliphatic carbocycles. The molecule has 0 radical (unpaired) electrons. The fraction of sp³-hybridized carbons (Fsp3) is 1.00. The lowest BCUT2D eigenvalue weighted by atomic mass is 9.91. The van der Waals surface area contributed by atoms with Crippen LogP contribution in [0.1, 0.15) is 46.0 Å². The van der Waals surface area contributed by atoms with Crippen molar-refractivity contribution in [1.29, 1.82) is 0 Å². The highest BCUT2D eigenvalue weighted by atomic mass is 16.3. The molecule has 1 heterocycles. The minimum absolute atomic E-state index is 0.0686. The average Bonchev–Trinajstić information content (AvgIpc) is 2.38. The first-order valence-electron chi connectivity index (χ1n) is 7.81. The van der Waals surface area contributed by atoms with Crippen LogP contribution in [0.4, 0.5) is 0 Å². The van der Waals surface area contributed by atoms with Crippen molar-refractivity contribution in [3.8, 4) is 0 Å². The van der Waals surface area contributed by atoms with Crippen LogP contribution in [0, 0.1) is 5.92 Å². The maximum atomic E-state index is 10.1. The van der Waals surface area contributed by atoms with Crippen molar-refractivity contribution in [1.82, 2.24) is 9.80 Å². The van der Waals surface area contributed by atoms with Gasteiger partial charge >= 0.3 is 0 Å². The lowest BCUT2D eigenvalue weighted by Gasteiger charge is -2.42. The predicted molar refractivity (Wildman–Crippen MR) is 75.7 cm³/mol. The van der Waals surface area contributed by atoms with Crippen molar-refractivity contribution in [2.45, 2.75) is 58.1 Å². The first-order valence-corrected chi connectivity index (χ1v) is 7.81. The molecular formula is C15H30N2O. The largest absolute Gasteiger partial charge is 0.391 e. The Morgan fingerprint density at radius 3 is 2.33 bits per heavy atom. The van der Waals surface area contributed by atoms with E-state index in [4.69, 9.17) is 0 Å². The SMILES string of the molecule is CC(C)CCN1CCN(C2CCCCC2O)CC1. The van der Waals surface area contributed by atoms with Gasteiger partial charge in [-0.1, -0.05) is 26.7 Å². The molecule has 18 heavy (non-hydrogen) atoms. The van der Waals surface area contributed by atoms with E-state index in [1.54, 1.807) is 0 Å². The van der Waals surface area contributed by atoms with Crippen molar-refractivity contribution in [3.05, 3.63) is 0 Å². The van der Waals surface area contributed by atoms with Crippen LogP contribution in [0.3, 0.4) is 0 Å². The number of rotatable bonds is 4. The Hall–Kier alpha value is -0.120. The Morgan fingerprint density at radius 2 is 1.72 bits per heavy atom. The van der Waals surface area contributed by atoms with E-state index in [1.165, 1.54) is 45.3 Å². The van der Waals surface area contributed by atoms with E-state index in [-0.39, 0.29) is 6.10 Å². The van der Waals surface area contributed by atoms with Gasteiger partial charge in [0.05, 0.1) is 6.10 Å². The predicted octanol–water partition coefficient (Wildman–Crippen LogP) is 1.95.